The fourth-order valence-electron chi connectivity index (χ4n) is 2.07. The first-order valence-electron chi connectivity index (χ1n) is 6.61. The summed E-state index contributed by atoms with van der Waals surface area (Å²) in [5.74, 6) is 0.972. The van der Waals surface area contributed by atoms with Gasteiger partial charge < -0.3 is 5.11 Å². The van der Waals surface area contributed by atoms with Crippen LogP contribution < -0.4 is 4.72 Å². The Kier molecular flexibility index (Phi) is 4.19. The lowest BCUT2D eigenvalue weighted by Crippen LogP contribution is -2.24. The van der Waals surface area contributed by atoms with Gasteiger partial charge in [0.05, 0.1) is 5.60 Å². The number of hydrogen-bond acceptors (Lipinski definition) is 2. The van der Waals surface area contributed by atoms with Gasteiger partial charge in [-0.25, -0.2) is 0 Å². The fraction of sp³-hybridized carbons (Fsp3) is 0.375. The van der Waals surface area contributed by atoms with Gasteiger partial charge in [-0.05, 0) is 61.1 Å². The van der Waals surface area contributed by atoms with Crippen molar-refractivity contribution in [2.45, 2.75) is 25.9 Å². The summed E-state index contributed by atoms with van der Waals surface area (Å²) in [6.07, 6.45) is 3.00. The first-order chi connectivity index (χ1) is 8.94. The molecular weight excluding hydrogens is 254 g/mol. The molecule has 1 aliphatic rings. The molecule has 0 bridgehead atoms. The lowest BCUT2D eigenvalue weighted by molar-refractivity contribution is 0.0776. The van der Waals surface area contributed by atoms with E-state index in [1.165, 1.54) is 11.1 Å². The number of benzene rings is 1. The summed E-state index contributed by atoms with van der Waals surface area (Å²) in [6, 6.07) is 10.4. The zero-order valence-corrected chi connectivity index (χ0v) is 12.7. The van der Waals surface area contributed by atoms with Gasteiger partial charge in [0.2, 0.25) is 0 Å². The van der Waals surface area contributed by atoms with Crippen LogP contribution in [0.1, 0.15) is 25.8 Å². The number of rotatable bonds is 5. The zero-order valence-electron chi connectivity index (χ0n) is 11.9. The van der Waals surface area contributed by atoms with Crippen LogP contribution >= 0.6 is 10.2 Å². The van der Waals surface area contributed by atoms with Gasteiger partial charge in [0, 0.05) is 0 Å². The monoisotopic (exact) mass is 277 g/mol. The summed E-state index contributed by atoms with van der Waals surface area (Å²) in [5.41, 5.74) is 1.93. The maximum atomic E-state index is 9.91. The Morgan fingerprint density at radius 1 is 1.21 bits per heavy atom. The molecule has 0 aliphatic carbocycles. The van der Waals surface area contributed by atoms with Crippen LogP contribution in [-0.4, -0.2) is 23.5 Å². The molecule has 0 saturated carbocycles. The quantitative estimate of drug-likeness (QED) is 0.861. The van der Waals surface area contributed by atoms with Crippen molar-refractivity contribution in [2.24, 2.45) is 0 Å². The van der Waals surface area contributed by atoms with Crippen molar-refractivity contribution in [3.05, 3.63) is 52.8 Å². The van der Waals surface area contributed by atoms with Gasteiger partial charge >= 0.3 is 0 Å². The molecule has 19 heavy (non-hydrogen) atoms. The standard InChI is InChI=1S/C16H23NOS/c1-16(2,18)10-12-19(17-3)11-9-15(13-19)14-7-5-4-6-8-14/h4-9,11,13,17-18H,10,12H2,1-3H3. The highest BCUT2D eigenvalue weighted by Gasteiger charge is 2.25. The van der Waals surface area contributed by atoms with Gasteiger partial charge in [-0.2, -0.15) is 0 Å². The van der Waals surface area contributed by atoms with E-state index in [1.807, 2.05) is 27.0 Å². The van der Waals surface area contributed by atoms with Gasteiger partial charge in [0.1, 0.15) is 0 Å². The summed E-state index contributed by atoms with van der Waals surface area (Å²) in [6.45, 7) is 3.74. The maximum Gasteiger partial charge on any atom is 0.0599 e. The first-order valence-corrected chi connectivity index (χ1v) is 8.54. The topological polar surface area (TPSA) is 32.3 Å². The molecule has 0 amide bonds. The van der Waals surface area contributed by atoms with Crippen molar-refractivity contribution in [1.82, 2.24) is 4.72 Å². The van der Waals surface area contributed by atoms with Crippen LogP contribution in [0.4, 0.5) is 0 Å². The van der Waals surface area contributed by atoms with Gasteiger partial charge in [-0.1, -0.05) is 30.3 Å². The van der Waals surface area contributed by atoms with Crippen LogP contribution in [0.15, 0.2) is 47.2 Å². The van der Waals surface area contributed by atoms with Crippen molar-refractivity contribution in [3.63, 3.8) is 0 Å². The molecule has 1 unspecified atom stereocenters. The SMILES string of the molecule is CNS1(CCC(C)(C)O)C=CC(c2ccccc2)=C1. The predicted octanol–water partition coefficient (Wildman–Crippen LogP) is 3.65. The lowest BCUT2D eigenvalue weighted by Gasteiger charge is -2.33. The van der Waals surface area contributed by atoms with E-state index in [0.29, 0.717) is 0 Å². The molecule has 0 spiro atoms. The number of hydrogen-bond donors (Lipinski definition) is 2. The minimum absolute atomic E-state index is 0.603. The minimum Gasteiger partial charge on any atom is -0.390 e. The Hall–Kier alpha value is -1.03. The normalized spacial score (nSPS) is 26.0. The van der Waals surface area contributed by atoms with E-state index in [4.69, 9.17) is 0 Å². The van der Waals surface area contributed by atoms with E-state index in [-0.39, 0.29) is 0 Å². The van der Waals surface area contributed by atoms with E-state index < -0.39 is 15.8 Å². The molecule has 0 radical (unpaired) electrons. The molecule has 0 aromatic heterocycles. The number of allylic oxidation sites excluding steroid dienone is 2. The molecule has 104 valence electrons. The highest BCUT2D eigenvalue weighted by Crippen LogP contribution is 2.54. The van der Waals surface area contributed by atoms with Crippen LogP contribution in [0.2, 0.25) is 0 Å². The molecule has 2 N–H and O–H groups in total. The van der Waals surface area contributed by atoms with Gasteiger partial charge in [0.25, 0.3) is 0 Å². The molecule has 1 aromatic carbocycles. The predicted molar refractivity (Wildman–Crippen MR) is 86.0 cm³/mol. The van der Waals surface area contributed by atoms with E-state index in [0.717, 1.165) is 12.2 Å². The van der Waals surface area contributed by atoms with E-state index in [1.54, 1.807) is 0 Å². The maximum absolute atomic E-state index is 9.91. The lowest BCUT2D eigenvalue weighted by atomic mass is 10.1. The largest absolute Gasteiger partial charge is 0.390 e. The second kappa shape index (κ2) is 5.53. The molecule has 1 heterocycles. The van der Waals surface area contributed by atoms with Crippen molar-refractivity contribution < 1.29 is 5.11 Å². The minimum atomic E-state index is -1.08. The molecule has 1 aliphatic heterocycles. The summed E-state index contributed by atoms with van der Waals surface area (Å²) in [5, 5.41) is 14.5. The third-order valence-corrected chi connectivity index (χ3v) is 6.30. The third kappa shape index (κ3) is 3.72. The van der Waals surface area contributed by atoms with E-state index in [9.17, 15) is 5.11 Å². The van der Waals surface area contributed by atoms with Gasteiger partial charge in [-0.15, -0.1) is 10.2 Å². The van der Waals surface area contributed by atoms with Gasteiger partial charge in [-0.3, -0.25) is 4.72 Å². The van der Waals surface area contributed by atoms with Crippen LogP contribution in [0, 0.1) is 0 Å². The molecule has 0 saturated heterocycles. The zero-order chi connectivity index (χ0) is 13.9. The van der Waals surface area contributed by atoms with Crippen molar-refractivity contribution in [3.8, 4) is 0 Å². The molecule has 3 heteroatoms. The summed E-state index contributed by atoms with van der Waals surface area (Å²) >= 11 is 0. The second-order valence-electron chi connectivity index (χ2n) is 5.56. The van der Waals surface area contributed by atoms with E-state index in [2.05, 4.69) is 45.9 Å². The smallest absolute Gasteiger partial charge is 0.0599 e. The highest BCUT2D eigenvalue weighted by atomic mass is 32.3. The van der Waals surface area contributed by atoms with Crippen LogP contribution in [-0.2, 0) is 0 Å². The number of nitrogens with one attached hydrogen (secondary N) is 1. The Balaban J connectivity index is 2.17. The molecular formula is C16H23NOS. The second-order valence-corrected chi connectivity index (χ2v) is 8.59. The molecule has 1 aromatic rings. The van der Waals surface area contributed by atoms with Crippen LogP contribution in [0.25, 0.3) is 5.57 Å². The average Bonchev–Trinajstić information content (AvgIpc) is 2.82. The summed E-state index contributed by atoms with van der Waals surface area (Å²) < 4.78 is 3.46. The van der Waals surface area contributed by atoms with Crippen LogP contribution in [0.3, 0.4) is 0 Å². The van der Waals surface area contributed by atoms with Crippen LogP contribution in [0.5, 0.6) is 0 Å². The van der Waals surface area contributed by atoms with E-state index >= 15 is 0 Å². The Labute approximate surface area is 117 Å². The molecule has 1 atom stereocenters. The molecule has 2 nitrogen and oxygen atoms in total. The van der Waals surface area contributed by atoms with Crippen molar-refractivity contribution in [2.75, 3.05) is 12.8 Å². The molecule has 2 rings (SSSR count). The summed E-state index contributed by atoms with van der Waals surface area (Å²) in [4.78, 5) is 0. The third-order valence-electron chi connectivity index (χ3n) is 3.37. The summed E-state index contributed by atoms with van der Waals surface area (Å²) in [7, 11) is 0.926. The molecule has 0 fully saturated rings. The Morgan fingerprint density at radius 3 is 2.47 bits per heavy atom. The van der Waals surface area contributed by atoms with Crippen molar-refractivity contribution in [1.29, 1.82) is 0 Å². The average molecular weight is 277 g/mol. The van der Waals surface area contributed by atoms with Crippen molar-refractivity contribution >= 4 is 15.8 Å². The fourth-order valence-corrected chi connectivity index (χ4v) is 4.75. The first kappa shape index (κ1) is 14.4. The highest BCUT2D eigenvalue weighted by molar-refractivity contribution is 8.37. The Bertz CT molecular complexity index is 487. The van der Waals surface area contributed by atoms with Gasteiger partial charge in [0.15, 0.2) is 0 Å². The number of aliphatic hydroxyl groups is 1. The Morgan fingerprint density at radius 2 is 1.89 bits per heavy atom.